The van der Waals surface area contributed by atoms with Crippen molar-refractivity contribution in [1.82, 2.24) is 37.9 Å². The minimum atomic E-state index is 0.264. The van der Waals surface area contributed by atoms with Gasteiger partial charge in [0.1, 0.15) is 28.5 Å². The molecule has 0 radical (unpaired) electrons. The van der Waals surface area contributed by atoms with Crippen LogP contribution >= 0.6 is 15.9 Å². The maximum Gasteiger partial charge on any atom is 0.145 e. The average Bonchev–Trinajstić information content (AvgIpc) is 2.91. The van der Waals surface area contributed by atoms with Gasteiger partial charge in [-0.15, -0.1) is 0 Å². The normalized spacial score (nSPS) is 11.7. The van der Waals surface area contributed by atoms with Gasteiger partial charge in [-0.25, -0.2) is 9.97 Å². The SMILES string of the molecule is Brc1cccc(-n2c3ccccc3c3cccnc32)c1.Oc1ccc2c(c1)c1ncccc1n1c3ccccc3cc21.c1cc(Oc2ccc3c(c2)c2ncccc2n2c4ccccc4cc32)cc(-n2c3ccccc3c3cccnc32)c1. The lowest BCUT2D eigenvalue weighted by atomic mass is 10.1. The molecule has 0 spiro atoms. The van der Waals surface area contributed by atoms with Crippen LogP contribution in [0.3, 0.4) is 0 Å². The Morgan fingerprint density at radius 3 is 1.35 bits per heavy atom. The van der Waals surface area contributed by atoms with Gasteiger partial charge >= 0.3 is 0 Å². The van der Waals surface area contributed by atoms with Gasteiger partial charge in [0, 0.05) is 94.9 Å². The Morgan fingerprint density at radius 1 is 0.313 bits per heavy atom. The van der Waals surface area contributed by atoms with Crippen LogP contribution in [0, 0.1) is 0 Å². The number of ether oxygens (including phenoxy) is 1. The van der Waals surface area contributed by atoms with Crippen molar-refractivity contribution in [3.05, 3.63) is 272 Å². The second-order valence-electron chi connectivity index (χ2n) is 20.6. The van der Waals surface area contributed by atoms with Crippen molar-refractivity contribution >= 4 is 136 Å². The second-order valence-corrected chi connectivity index (χ2v) is 21.5. The quantitative estimate of drug-likeness (QED) is 0.176. The van der Waals surface area contributed by atoms with E-state index in [2.05, 4.69) is 214 Å². The Morgan fingerprint density at radius 2 is 0.759 bits per heavy atom. The molecule has 0 saturated heterocycles. The molecular formula is C72H45BrN8O2. The molecule has 0 aliphatic heterocycles. The summed E-state index contributed by atoms with van der Waals surface area (Å²) in [5.74, 6) is 1.79. The fourth-order valence-corrected chi connectivity index (χ4v) is 12.7. The smallest absolute Gasteiger partial charge is 0.145 e. The fourth-order valence-electron chi connectivity index (χ4n) is 12.3. The lowest BCUT2D eigenvalue weighted by molar-refractivity contribution is 0.476. The predicted molar refractivity (Wildman–Crippen MR) is 342 cm³/mol. The van der Waals surface area contributed by atoms with Gasteiger partial charge in [0.05, 0.1) is 60.9 Å². The minimum absolute atomic E-state index is 0.264. The molecule has 0 atom stereocenters. The first kappa shape index (κ1) is 48.1. The molecule has 0 saturated carbocycles. The van der Waals surface area contributed by atoms with Gasteiger partial charge in [0.2, 0.25) is 0 Å². The number of para-hydroxylation sites is 4. The van der Waals surface area contributed by atoms with Crippen molar-refractivity contribution in [3.8, 4) is 28.6 Å². The van der Waals surface area contributed by atoms with Crippen molar-refractivity contribution in [2.24, 2.45) is 0 Å². The summed E-state index contributed by atoms with van der Waals surface area (Å²) in [5, 5.41) is 21.3. The highest BCUT2D eigenvalue weighted by Crippen LogP contribution is 2.39. The zero-order chi connectivity index (χ0) is 55.1. The summed E-state index contributed by atoms with van der Waals surface area (Å²) in [6.45, 7) is 0. The summed E-state index contributed by atoms with van der Waals surface area (Å²) >= 11 is 3.54. The van der Waals surface area contributed by atoms with E-state index in [4.69, 9.17) is 14.7 Å². The summed E-state index contributed by atoms with van der Waals surface area (Å²) in [6, 6.07) is 82.8. The molecule has 392 valence electrons. The molecule has 8 aromatic carbocycles. The van der Waals surface area contributed by atoms with E-state index in [9.17, 15) is 5.11 Å². The van der Waals surface area contributed by atoms with Crippen LogP contribution in [0.1, 0.15) is 0 Å². The number of phenolic OH excluding ortho intramolecular Hbond substituents is 1. The molecule has 10 nitrogen and oxygen atoms in total. The number of aromatic nitrogens is 8. The molecule has 18 aromatic rings. The number of benzene rings is 8. The molecule has 0 bridgehead atoms. The Kier molecular flexibility index (Phi) is 11.3. The van der Waals surface area contributed by atoms with Crippen LogP contribution < -0.4 is 4.74 Å². The topological polar surface area (TPSA) is 99.7 Å². The van der Waals surface area contributed by atoms with Gasteiger partial charge in [-0.2, -0.15) is 0 Å². The van der Waals surface area contributed by atoms with E-state index in [0.717, 1.165) is 104 Å². The molecule has 83 heavy (non-hydrogen) atoms. The van der Waals surface area contributed by atoms with Gasteiger partial charge in [-0.05, 0) is 152 Å². The highest BCUT2D eigenvalue weighted by atomic mass is 79.9. The molecule has 18 rings (SSSR count). The highest BCUT2D eigenvalue weighted by Gasteiger charge is 2.18. The van der Waals surface area contributed by atoms with Crippen molar-refractivity contribution in [1.29, 1.82) is 0 Å². The molecule has 10 heterocycles. The lowest BCUT2D eigenvalue weighted by Crippen LogP contribution is -1.96. The molecule has 0 unspecified atom stereocenters. The number of hydrogen-bond donors (Lipinski definition) is 1. The summed E-state index contributed by atoms with van der Waals surface area (Å²) < 4.78 is 16.5. The van der Waals surface area contributed by atoms with E-state index >= 15 is 0 Å². The Balaban J connectivity index is 0.000000113. The van der Waals surface area contributed by atoms with Crippen molar-refractivity contribution in [3.63, 3.8) is 0 Å². The van der Waals surface area contributed by atoms with Crippen LogP contribution in [0.2, 0.25) is 0 Å². The number of phenols is 1. The Labute approximate surface area is 481 Å². The third-order valence-corrected chi connectivity index (χ3v) is 16.3. The third kappa shape index (κ3) is 7.92. The molecule has 11 heteroatoms. The van der Waals surface area contributed by atoms with Gasteiger partial charge in [0.15, 0.2) is 0 Å². The first-order valence-corrected chi connectivity index (χ1v) is 28.1. The zero-order valence-electron chi connectivity index (χ0n) is 44.2. The van der Waals surface area contributed by atoms with E-state index in [1.807, 2.05) is 79.3 Å². The second kappa shape index (κ2) is 19.4. The van der Waals surface area contributed by atoms with E-state index in [-0.39, 0.29) is 5.75 Å². The summed E-state index contributed by atoms with van der Waals surface area (Å²) in [6.07, 6.45) is 7.34. The molecule has 0 fully saturated rings. The average molecular weight is 1130 g/mol. The third-order valence-electron chi connectivity index (χ3n) is 15.8. The molecule has 0 aliphatic carbocycles. The minimum Gasteiger partial charge on any atom is -0.508 e. The standard InChI is InChI=1S/C36H22N4O.C19H12N2O.C17H11BrN2/c1-3-13-31-23(8-1)20-34-28-17-16-26(22-30(28)35-33(40(31)34)15-7-18-37-35)41-25-10-5-9-24(21-25)39-32-14-4-2-11-27(32)29-12-6-19-38-36(29)39;22-13-7-8-14-15(11-13)19-17(6-3-9-20-19)21-16-5-2-1-4-12(16)10-18(14)21;18-12-5-3-6-13(11-12)20-16-9-2-1-7-14(16)15-8-4-10-19-17(15)20/h1-22H;1-11,22H;1-11H. The maximum atomic E-state index is 9.87. The Hall–Kier alpha value is -10.9. The van der Waals surface area contributed by atoms with Gasteiger partial charge < -0.3 is 18.6 Å². The van der Waals surface area contributed by atoms with Crippen LogP contribution in [-0.2, 0) is 0 Å². The zero-order valence-corrected chi connectivity index (χ0v) is 45.8. The number of halogens is 1. The first-order valence-electron chi connectivity index (χ1n) is 27.3. The number of rotatable bonds is 4. The summed E-state index contributed by atoms with van der Waals surface area (Å²) in [7, 11) is 0. The van der Waals surface area contributed by atoms with E-state index in [0.29, 0.717) is 0 Å². The van der Waals surface area contributed by atoms with E-state index < -0.39 is 0 Å². The van der Waals surface area contributed by atoms with Crippen LogP contribution in [0.4, 0.5) is 0 Å². The fraction of sp³-hybridized carbons (Fsp3) is 0. The van der Waals surface area contributed by atoms with Crippen LogP contribution in [0.15, 0.2) is 272 Å². The van der Waals surface area contributed by atoms with Crippen molar-refractivity contribution in [2.45, 2.75) is 0 Å². The molecule has 1 N–H and O–H groups in total. The lowest BCUT2D eigenvalue weighted by Gasteiger charge is -2.13. The maximum absolute atomic E-state index is 9.87. The van der Waals surface area contributed by atoms with Gasteiger partial charge in [0.25, 0.3) is 0 Å². The Bertz CT molecular complexity index is 5520. The van der Waals surface area contributed by atoms with Crippen LogP contribution in [0.5, 0.6) is 17.2 Å². The number of pyridine rings is 6. The first-order chi connectivity index (χ1) is 41.0. The van der Waals surface area contributed by atoms with Crippen LogP contribution in [0.25, 0.3) is 132 Å². The van der Waals surface area contributed by atoms with Gasteiger partial charge in [-0.1, -0.05) is 101 Å². The highest BCUT2D eigenvalue weighted by molar-refractivity contribution is 9.10. The number of fused-ring (bicyclic) bond motifs is 22. The van der Waals surface area contributed by atoms with E-state index in [1.54, 1.807) is 18.3 Å². The number of aromatic hydroxyl groups is 1. The summed E-state index contributed by atoms with van der Waals surface area (Å²) in [4.78, 5) is 18.7. The monoisotopic (exact) mass is 1130 g/mol. The molecule has 0 aliphatic rings. The molecule has 10 aromatic heterocycles. The number of hydrogen-bond acceptors (Lipinski definition) is 6. The van der Waals surface area contributed by atoms with Crippen molar-refractivity contribution in [2.75, 3.05) is 0 Å². The van der Waals surface area contributed by atoms with Crippen molar-refractivity contribution < 1.29 is 9.84 Å². The van der Waals surface area contributed by atoms with Crippen LogP contribution in [-0.4, -0.2) is 43.0 Å². The van der Waals surface area contributed by atoms with Gasteiger partial charge in [-0.3, -0.25) is 19.1 Å². The molecule has 0 amide bonds. The predicted octanol–water partition coefficient (Wildman–Crippen LogP) is 18.5. The summed E-state index contributed by atoms with van der Waals surface area (Å²) in [5.41, 5.74) is 15.0. The molecular weight excluding hydrogens is 1090 g/mol. The number of nitrogens with zero attached hydrogens (tertiary/aromatic N) is 8. The largest absolute Gasteiger partial charge is 0.508 e. The van der Waals surface area contributed by atoms with E-state index in [1.165, 1.54) is 43.5 Å².